The highest BCUT2D eigenvalue weighted by Crippen LogP contribution is 2.21. The van der Waals surface area contributed by atoms with Crippen molar-refractivity contribution < 1.29 is 4.79 Å². The Balaban J connectivity index is 1.59. The van der Waals surface area contributed by atoms with Crippen molar-refractivity contribution in [2.75, 3.05) is 30.3 Å². The van der Waals surface area contributed by atoms with Gasteiger partial charge in [0.05, 0.1) is 10.6 Å². The molecule has 0 saturated carbocycles. The van der Waals surface area contributed by atoms with Crippen molar-refractivity contribution >= 4 is 29.1 Å². The van der Waals surface area contributed by atoms with Gasteiger partial charge in [-0.2, -0.15) is 0 Å². The minimum atomic E-state index is -0.241. The molecular formula is C20H26ClN5O. The zero-order valence-electron chi connectivity index (χ0n) is 15.8. The van der Waals surface area contributed by atoms with Gasteiger partial charge in [0.2, 0.25) is 0 Å². The average Bonchev–Trinajstić information content (AvgIpc) is 2.68. The first-order chi connectivity index (χ1) is 13.0. The summed E-state index contributed by atoms with van der Waals surface area (Å²) in [6, 6.07) is 7.49. The maximum absolute atomic E-state index is 12.6. The smallest absolute Gasteiger partial charge is 0.260 e. The summed E-state index contributed by atoms with van der Waals surface area (Å²) >= 11 is 5.83. The number of amides is 1. The van der Waals surface area contributed by atoms with Gasteiger partial charge in [-0.3, -0.25) is 4.79 Å². The summed E-state index contributed by atoms with van der Waals surface area (Å²) in [5.74, 6) is 1.42. The van der Waals surface area contributed by atoms with E-state index in [0.717, 1.165) is 32.5 Å². The van der Waals surface area contributed by atoms with Gasteiger partial charge in [0.15, 0.2) is 0 Å². The molecule has 1 amide bonds. The third-order valence-electron chi connectivity index (χ3n) is 4.96. The topological polar surface area (TPSA) is 70.2 Å². The number of aromatic nitrogens is 2. The third-order valence-corrected chi connectivity index (χ3v) is 5.18. The lowest BCUT2D eigenvalue weighted by molar-refractivity contribution is 0.102. The van der Waals surface area contributed by atoms with Crippen LogP contribution < -0.4 is 10.6 Å². The van der Waals surface area contributed by atoms with Crippen molar-refractivity contribution in [3.05, 3.63) is 47.2 Å². The van der Waals surface area contributed by atoms with Crippen LogP contribution in [0.5, 0.6) is 0 Å². The molecule has 2 aromatic rings. The van der Waals surface area contributed by atoms with E-state index in [9.17, 15) is 4.79 Å². The molecule has 0 bridgehead atoms. The highest BCUT2D eigenvalue weighted by molar-refractivity contribution is 6.30. The van der Waals surface area contributed by atoms with Crippen molar-refractivity contribution in [3.63, 3.8) is 0 Å². The fourth-order valence-electron chi connectivity index (χ4n) is 3.28. The maximum Gasteiger partial charge on any atom is 0.260 e. The fraction of sp³-hybridized carbons (Fsp3) is 0.450. The van der Waals surface area contributed by atoms with E-state index in [1.165, 1.54) is 6.20 Å². The molecule has 0 atom stereocenters. The fourth-order valence-corrected chi connectivity index (χ4v) is 3.39. The molecule has 1 aliphatic heterocycles. The molecule has 0 spiro atoms. The number of hydrogen-bond acceptors (Lipinski definition) is 5. The molecule has 1 aliphatic rings. The Morgan fingerprint density at radius 2 is 2.04 bits per heavy atom. The quantitative estimate of drug-likeness (QED) is 0.786. The minimum Gasteiger partial charge on any atom is -0.369 e. The van der Waals surface area contributed by atoms with Gasteiger partial charge >= 0.3 is 0 Å². The first-order valence-corrected chi connectivity index (χ1v) is 9.76. The Hall–Kier alpha value is -2.18. The molecule has 0 radical (unpaired) electrons. The number of likely N-dealkylation sites (tertiary alicyclic amines) is 1. The van der Waals surface area contributed by atoms with E-state index in [4.69, 9.17) is 11.6 Å². The van der Waals surface area contributed by atoms with Crippen LogP contribution in [0.2, 0.25) is 5.02 Å². The van der Waals surface area contributed by atoms with Crippen LogP contribution in [0.15, 0.2) is 36.7 Å². The molecule has 7 heteroatoms. The summed E-state index contributed by atoms with van der Waals surface area (Å²) in [6.07, 6.45) is 5.52. The molecule has 144 valence electrons. The van der Waals surface area contributed by atoms with Gasteiger partial charge in [-0.05, 0) is 70.0 Å². The summed E-state index contributed by atoms with van der Waals surface area (Å²) in [4.78, 5) is 23.6. The molecular weight excluding hydrogens is 362 g/mol. The summed E-state index contributed by atoms with van der Waals surface area (Å²) in [5.41, 5.74) is 0.508. The normalized spacial score (nSPS) is 15.7. The Morgan fingerprint density at radius 3 is 2.70 bits per heavy atom. The van der Waals surface area contributed by atoms with Gasteiger partial charge in [0.25, 0.3) is 5.91 Å². The first kappa shape index (κ1) is 19.6. The van der Waals surface area contributed by atoms with Crippen LogP contribution in [0.3, 0.4) is 0 Å². The monoisotopic (exact) mass is 387 g/mol. The highest BCUT2D eigenvalue weighted by Gasteiger charge is 2.21. The maximum atomic E-state index is 12.6. The van der Waals surface area contributed by atoms with Gasteiger partial charge in [-0.1, -0.05) is 11.6 Å². The predicted molar refractivity (Wildman–Crippen MR) is 109 cm³/mol. The van der Waals surface area contributed by atoms with Crippen LogP contribution in [0.4, 0.5) is 11.6 Å². The van der Waals surface area contributed by atoms with E-state index in [0.29, 0.717) is 34.2 Å². The van der Waals surface area contributed by atoms with Crippen LogP contribution in [-0.2, 0) is 0 Å². The number of nitrogens with zero attached hydrogens (tertiary/aromatic N) is 3. The summed E-state index contributed by atoms with van der Waals surface area (Å²) in [6.45, 7) is 7.56. The number of nitrogens with one attached hydrogen (secondary N) is 2. The standard InChI is InChI=1S/C20H26ClN5O/c1-14(2)26-10-7-15(8-11-26)12-24-19-17(4-3-9-22-19)20(27)25-18-6-5-16(21)13-23-18/h3-6,9,13-15H,7-8,10-12H2,1-2H3,(H,22,24)(H,23,25,27). The van der Waals surface area contributed by atoms with E-state index in [2.05, 4.69) is 39.3 Å². The van der Waals surface area contributed by atoms with Crippen molar-refractivity contribution in [1.82, 2.24) is 14.9 Å². The molecule has 2 aromatic heterocycles. The Bertz CT molecular complexity index is 757. The van der Waals surface area contributed by atoms with E-state index >= 15 is 0 Å². The van der Waals surface area contributed by atoms with Crippen molar-refractivity contribution in [2.45, 2.75) is 32.7 Å². The van der Waals surface area contributed by atoms with E-state index in [-0.39, 0.29) is 5.91 Å². The lowest BCUT2D eigenvalue weighted by atomic mass is 9.96. The highest BCUT2D eigenvalue weighted by atomic mass is 35.5. The van der Waals surface area contributed by atoms with Crippen molar-refractivity contribution in [1.29, 1.82) is 0 Å². The van der Waals surface area contributed by atoms with Gasteiger partial charge in [0, 0.05) is 25.0 Å². The Labute approximate surface area is 165 Å². The van der Waals surface area contributed by atoms with Crippen LogP contribution in [-0.4, -0.2) is 46.5 Å². The summed E-state index contributed by atoms with van der Waals surface area (Å²) in [5, 5.41) is 6.69. The largest absolute Gasteiger partial charge is 0.369 e. The molecule has 0 unspecified atom stereocenters. The number of hydrogen-bond donors (Lipinski definition) is 2. The number of piperidine rings is 1. The summed E-state index contributed by atoms with van der Waals surface area (Å²) < 4.78 is 0. The Morgan fingerprint density at radius 1 is 1.26 bits per heavy atom. The first-order valence-electron chi connectivity index (χ1n) is 9.39. The molecule has 1 saturated heterocycles. The van der Waals surface area contributed by atoms with Gasteiger partial charge in [-0.25, -0.2) is 9.97 Å². The second-order valence-electron chi connectivity index (χ2n) is 7.17. The predicted octanol–water partition coefficient (Wildman–Crippen LogP) is 3.91. The molecule has 0 aromatic carbocycles. The van der Waals surface area contributed by atoms with Crippen molar-refractivity contribution in [3.8, 4) is 0 Å². The zero-order chi connectivity index (χ0) is 19.2. The number of carbonyl (C=O) groups is 1. The molecule has 3 heterocycles. The molecule has 1 fully saturated rings. The number of carbonyl (C=O) groups excluding carboxylic acids is 1. The number of rotatable bonds is 6. The van der Waals surface area contributed by atoms with E-state index < -0.39 is 0 Å². The number of pyridine rings is 2. The molecule has 3 rings (SSSR count). The summed E-state index contributed by atoms with van der Waals surface area (Å²) in [7, 11) is 0. The lowest BCUT2D eigenvalue weighted by Gasteiger charge is -2.34. The average molecular weight is 388 g/mol. The molecule has 6 nitrogen and oxygen atoms in total. The second kappa shape index (κ2) is 9.15. The van der Waals surface area contributed by atoms with E-state index in [1.807, 2.05) is 0 Å². The third kappa shape index (κ3) is 5.40. The van der Waals surface area contributed by atoms with Gasteiger partial charge in [0.1, 0.15) is 11.6 Å². The molecule has 27 heavy (non-hydrogen) atoms. The molecule has 0 aliphatic carbocycles. The van der Waals surface area contributed by atoms with Crippen LogP contribution in [0.25, 0.3) is 0 Å². The Kier molecular flexibility index (Phi) is 6.63. The minimum absolute atomic E-state index is 0.241. The van der Waals surface area contributed by atoms with Crippen molar-refractivity contribution in [2.24, 2.45) is 5.92 Å². The van der Waals surface area contributed by atoms with Crippen LogP contribution in [0, 0.1) is 5.92 Å². The lowest BCUT2D eigenvalue weighted by Crippen LogP contribution is -2.40. The number of halogens is 1. The van der Waals surface area contributed by atoms with Gasteiger partial charge in [-0.15, -0.1) is 0 Å². The van der Waals surface area contributed by atoms with Crippen LogP contribution >= 0.6 is 11.6 Å². The number of anilines is 2. The SMILES string of the molecule is CC(C)N1CCC(CNc2ncccc2C(=O)Nc2ccc(Cl)cn2)CC1. The van der Waals surface area contributed by atoms with E-state index in [1.54, 1.807) is 30.5 Å². The van der Waals surface area contributed by atoms with Crippen LogP contribution in [0.1, 0.15) is 37.0 Å². The molecule has 2 N–H and O–H groups in total. The van der Waals surface area contributed by atoms with Gasteiger partial charge < -0.3 is 15.5 Å². The zero-order valence-corrected chi connectivity index (χ0v) is 16.5. The second-order valence-corrected chi connectivity index (χ2v) is 7.61.